The summed E-state index contributed by atoms with van der Waals surface area (Å²) in [6.45, 7) is 0. The Hall–Kier alpha value is -3.76. The van der Waals surface area contributed by atoms with E-state index < -0.39 is 22.6 Å². The monoisotopic (exact) mass is 419 g/mol. The molecule has 0 aliphatic rings. The molecule has 0 bridgehead atoms. The summed E-state index contributed by atoms with van der Waals surface area (Å²) in [6, 6.07) is 9.56. The quantitative estimate of drug-likeness (QED) is 0.369. The molecule has 11 heteroatoms. The summed E-state index contributed by atoms with van der Waals surface area (Å²) < 4.78 is 39.6. The first kappa shape index (κ1) is 21.0. The van der Waals surface area contributed by atoms with Crippen LogP contribution in [-0.4, -0.2) is 25.5 Å². The van der Waals surface area contributed by atoms with Gasteiger partial charge in [0.25, 0.3) is 5.69 Å². The van der Waals surface area contributed by atoms with E-state index in [2.05, 4.69) is 10.1 Å². The molecule has 0 fully saturated rings. The summed E-state index contributed by atoms with van der Waals surface area (Å²) >= 11 is 0. The van der Waals surface area contributed by atoms with E-state index in [9.17, 15) is 28.1 Å². The highest BCUT2D eigenvalue weighted by molar-refractivity contribution is 5.99. The molecule has 0 unspecified atom stereocenters. The van der Waals surface area contributed by atoms with Gasteiger partial charge >= 0.3 is 6.18 Å². The van der Waals surface area contributed by atoms with Gasteiger partial charge in [0.05, 0.1) is 16.2 Å². The molecule has 0 aliphatic carbocycles. The van der Waals surface area contributed by atoms with E-state index in [0.717, 1.165) is 10.7 Å². The third kappa shape index (κ3) is 4.29. The van der Waals surface area contributed by atoms with Crippen LogP contribution >= 0.6 is 0 Å². The van der Waals surface area contributed by atoms with E-state index in [0.29, 0.717) is 5.69 Å². The van der Waals surface area contributed by atoms with E-state index in [1.807, 2.05) is 0 Å². The minimum absolute atomic E-state index is 0.00153. The van der Waals surface area contributed by atoms with Crippen molar-refractivity contribution in [2.45, 2.75) is 19.0 Å². The Labute approximate surface area is 168 Å². The number of nitro benzene ring substituents is 1. The van der Waals surface area contributed by atoms with Crippen LogP contribution in [0.2, 0.25) is 0 Å². The van der Waals surface area contributed by atoms with E-state index in [4.69, 9.17) is 5.73 Å². The number of nitrogens with two attached hydrogens (primary N) is 1. The number of nitrogen functional groups attached to an aromatic ring is 1. The Morgan fingerprint density at radius 1 is 1.23 bits per heavy atom. The van der Waals surface area contributed by atoms with Crippen molar-refractivity contribution in [1.82, 2.24) is 14.8 Å². The van der Waals surface area contributed by atoms with Crippen LogP contribution < -0.4 is 5.73 Å². The van der Waals surface area contributed by atoms with Gasteiger partial charge < -0.3 is 5.73 Å². The minimum Gasteiger partial charge on any atom is -0.383 e. The minimum atomic E-state index is -4.58. The molecule has 2 aromatic heterocycles. The highest BCUT2D eigenvalue weighted by Crippen LogP contribution is 2.33. The zero-order valence-corrected chi connectivity index (χ0v) is 15.7. The lowest BCUT2D eigenvalue weighted by atomic mass is 10.0. The number of Topliss-reactive ketones (excluding diaryl/α,β-unsaturated/α-hetero) is 1. The number of rotatable bonds is 6. The number of hydrogen-bond acceptors (Lipinski definition) is 6. The third-order valence-corrected chi connectivity index (χ3v) is 4.44. The maximum absolute atomic E-state index is 12.9. The maximum atomic E-state index is 12.9. The maximum Gasteiger partial charge on any atom is 0.435 e. The first-order valence-electron chi connectivity index (χ1n) is 8.71. The molecule has 0 aliphatic heterocycles. The van der Waals surface area contributed by atoms with E-state index in [-0.39, 0.29) is 41.2 Å². The highest BCUT2D eigenvalue weighted by atomic mass is 19.4. The molecule has 2 heterocycles. The fraction of sp³-hybridized carbons (Fsp3) is 0.211. The molecule has 0 saturated heterocycles. The molecule has 0 amide bonds. The number of pyridine rings is 1. The lowest BCUT2D eigenvalue weighted by Gasteiger charge is -2.08. The number of benzene rings is 1. The van der Waals surface area contributed by atoms with Crippen LogP contribution in [0.1, 0.15) is 28.2 Å². The Bertz CT molecular complexity index is 1120. The molecule has 0 radical (unpaired) electrons. The molecule has 30 heavy (non-hydrogen) atoms. The molecule has 0 spiro atoms. The van der Waals surface area contributed by atoms with Gasteiger partial charge in [0.15, 0.2) is 11.5 Å². The van der Waals surface area contributed by atoms with Crippen LogP contribution in [0, 0.1) is 10.1 Å². The van der Waals surface area contributed by atoms with Gasteiger partial charge in [0, 0.05) is 30.8 Å². The molecule has 1 aromatic carbocycles. The number of carbonyl (C=O) groups is 1. The van der Waals surface area contributed by atoms with Crippen molar-refractivity contribution in [3.63, 3.8) is 0 Å². The second-order valence-corrected chi connectivity index (χ2v) is 6.47. The number of ketones is 1. The molecule has 3 aromatic rings. The number of aryl methyl sites for hydroxylation is 2. The Morgan fingerprint density at radius 2 is 1.93 bits per heavy atom. The lowest BCUT2D eigenvalue weighted by Crippen LogP contribution is -2.07. The van der Waals surface area contributed by atoms with Gasteiger partial charge in [0.2, 0.25) is 0 Å². The molecule has 156 valence electrons. The zero-order chi connectivity index (χ0) is 22.1. The van der Waals surface area contributed by atoms with E-state index in [1.165, 1.54) is 37.4 Å². The molecule has 0 atom stereocenters. The first-order chi connectivity index (χ1) is 14.1. The lowest BCUT2D eigenvalue weighted by molar-refractivity contribution is -0.385. The topological polar surface area (TPSA) is 117 Å². The van der Waals surface area contributed by atoms with Crippen molar-refractivity contribution in [2.75, 3.05) is 5.73 Å². The van der Waals surface area contributed by atoms with Crippen LogP contribution in [-0.2, 0) is 19.6 Å². The second kappa shape index (κ2) is 7.93. The van der Waals surface area contributed by atoms with Crippen LogP contribution in [0.5, 0.6) is 0 Å². The Balaban J connectivity index is 1.78. The van der Waals surface area contributed by atoms with Crippen LogP contribution in [0.4, 0.5) is 24.7 Å². The standard InChI is InChI=1S/C19H16F3N5O3/c1-26-15(10-17(25-26)19(20,21)22)13-8-6-11(24-18(13)23)7-9-16(28)12-4-2-3-5-14(12)27(29)30/h2-6,8,10H,7,9H2,1H3,(H2,23,24). The number of hydrogen-bond donors (Lipinski definition) is 1. The molecular weight excluding hydrogens is 403 g/mol. The van der Waals surface area contributed by atoms with Gasteiger partial charge in [-0.05, 0) is 30.7 Å². The van der Waals surface area contributed by atoms with Crippen molar-refractivity contribution >= 4 is 17.3 Å². The number of para-hydroxylation sites is 1. The summed E-state index contributed by atoms with van der Waals surface area (Å²) in [5.74, 6) is -0.435. The smallest absolute Gasteiger partial charge is 0.383 e. The van der Waals surface area contributed by atoms with Crippen molar-refractivity contribution in [3.05, 3.63) is 69.5 Å². The molecule has 8 nitrogen and oxygen atoms in total. The van der Waals surface area contributed by atoms with Gasteiger partial charge in [-0.3, -0.25) is 19.6 Å². The summed E-state index contributed by atoms with van der Waals surface area (Å²) in [6.07, 6.45) is -4.46. The number of halogens is 3. The normalized spacial score (nSPS) is 11.5. The predicted octanol–water partition coefficient (Wildman–Crippen LogP) is 3.81. The summed E-state index contributed by atoms with van der Waals surface area (Å²) in [4.78, 5) is 27.0. The van der Waals surface area contributed by atoms with Crippen molar-refractivity contribution in [1.29, 1.82) is 0 Å². The SMILES string of the molecule is Cn1nc(C(F)(F)F)cc1-c1ccc(CCC(=O)c2ccccc2[N+](=O)[O-])nc1N. The van der Waals surface area contributed by atoms with Gasteiger partial charge in [-0.2, -0.15) is 18.3 Å². The molecule has 0 saturated carbocycles. The average Bonchev–Trinajstić information content (AvgIpc) is 3.08. The predicted molar refractivity (Wildman–Crippen MR) is 102 cm³/mol. The largest absolute Gasteiger partial charge is 0.435 e. The van der Waals surface area contributed by atoms with E-state index >= 15 is 0 Å². The number of nitro groups is 1. The molecule has 3 rings (SSSR count). The molecular formula is C19H16F3N5O3. The zero-order valence-electron chi connectivity index (χ0n) is 15.7. The number of aromatic nitrogens is 3. The van der Waals surface area contributed by atoms with Crippen LogP contribution in [0.25, 0.3) is 11.3 Å². The van der Waals surface area contributed by atoms with Gasteiger partial charge in [-0.25, -0.2) is 4.98 Å². The Kier molecular flexibility index (Phi) is 5.54. The van der Waals surface area contributed by atoms with Crippen LogP contribution in [0.15, 0.2) is 42.5 Å². The fourth-order valence-corrected chi connectivity index (χ4v) is 2.98. The van der Waals surface area contributed by atoms with Gasteiger partial charge in [-0.1, -0.05) is 12.1 Å². The third-order valence-electron chi connectivity index (χ3n) is 4.44. The van der Waals surface area contributed by atoms with Crippen molar-refractivity contribution in [3.8, 4) is 11.3 Å². The number of anilines is 1. The molecule has 2 N–H and O–H groups in total. The fourth-order valence-electron chi connectivity index (χ4n) is 2.98. The summed E-state index contributed by atoms with van der Waals surface area (Å²) in [5, 5.41) is 14.5. The van der Waals surface area contributed by atoms with E-state index in [1.54, 1.807) is 6.07 Å². The number of carbonyl (C=O) groups excluding carboxylic acids is 1. The van der Waals surface area contributed by atoms with Gasteiger partial charge in [0.1, 0.15) is 5.82 Å². The number of nitrogens with zero attached hydrogens (tertiary/aromatic N) is 4. The second-order valence-electron chi connectivity index (χ2n) is 6.47. The summed E-state index contributed by atoms with van der Waals surface area (Å²) in [7, 11) is 1.36. The first-order valence-corrected chi connectivity index (χ1v) is 8.71. The van der Waals surface area contributed by atoms with Crippen LogP contribution in [0.3, 0.4) is 0 Å². The van der Waals surface area contributed by atoms with Crippen molar-refractivity contribution < 1.29 is 22.9 Å². The highest BCUT2D eigenvalue weighted by Gasteiger charge is 2.35. The van der Waals surface area contributed by atoms with Gasteiger partial charge in [-0.15, -0.1) is 0 Å². The Morgan fingerprint density at radius 3 is 2.53 bits per heavy atom. The average molecular weight is 419 g/mol. The number of alkyl halides is 3. The summed E-state index contributed by atoms with van der Waals surface area (Å²) in [5.41, 5.74) is 5.45. The van der Waals surface area contributed by atoms with Crippen molar-refractivity contribution in [2.24, 2.45) is 7.05 Å².